The molecule has 2 N–H and O–H groups in total. The number of methoxy groups -OCH3 is 1. The molecular formula is C15H30N2O3. The van der Waals surface area contributed by atoms with Gasteiger partial charge < -0.3 is 15.4 Å². The molecular weight excluding hydrogens is 256 g/mol. The van der Waals surface area contributed by atoms with Gasteiger partial charge in [0.2, 0.25) is 5.91 Å². The molecule has 0 saturated heterocycles. The molecule has 0 rings (SSSR count). The minimum atomic E-state index is -0.385. The van der Waals surface area contributed by atoms with Crippen molar-refractivity contribution in [2.24, 2.45) is 23.5 Å². The fourth-order valence-electron chi connectivity index (χ4n) is 2.20. The summed E-state index contributed by atoms with van der Waals surface area (Å²) in [5, 5.41) is 0. The Kier molecular flexibility index (Phi) is 9.21. The van der Waals surface area contributed by atoms with Gasteiger partial charge in [0.15, 0.2) is 0 Å². The molecule has 0 saturated carbocycles. The van der Waals surface area contributed by atoms with Crippen molar-refractivity contribution in [2.45, 2.75) is 40.5 Å². The first-order valence-electron chi connectivity index (χ1n) is 7.46. The van der Waals surface area contributed by atoms with Crippen molar-refractivity contribution >= 4 is 11.9 Å². The maximum atomic E-state index is 12.6. The smallest absolute Gasteiger partial charge is 0.325 e. The van der Waals surface area contributed by atoms with Gasteiger partial charge in [-0.15, -0.1) is 0 Å². The number of hydrogen-bond donors (Lipinski definition) is 1. The minimum absolute atomic E-state index is 0.00898. The zero-order chi connectivity index (χ0) is 15.7. The molecule has 0 aliphatic heterocycles. The van der Waals surface area contributed by atoms with Crippen LogP contribution in [0.25, 0.3) is 0 Å². The van der Waals surface area contributed by atoms with Gasteiger partial charge in [0.25, 0.3) is 0 Å². The van der Waals surface area contributed by atoms with E-state index in [4.69, 9.17) is 5.73 Å². The van der Waals surface area contributed by atoms with Crippen LogP contribution in [0.15, 0.2) is 0 Å². The van der Waals surface area contributed by atoms with Crippen LogP contribution >= 0.6 is 0 Å². The fraction of sp³-hybridized carbons (Fsp3) is 0.867. The number of nitrogens with two attached hydrogens (primary N) is 1. The topological polar surface area (TPSA) is 72.6 Å². The third-order valence-corrected chi connectivity index (χ3v) is 3.87. The highest BCUT2D eigenvalue weighted by molar-refractivity contribution is 5.84. The molecule has 1 unspecified atom stereocenters. The second kappa shape index (κ2) is 9.75. The first kappa shape index (κ1) is 18.9. The van der Waals surface area contributed by atoms with E-state index in [1.54, 1.807) is 4.90 Å². The molecule has 0 aliphatic carbocycles. The van der Waals surface area contributed by atoms with E-state index in [0.29, 0.717) is 19.0 Å². The van der Waals surface area contributed by atoms with Gasteiger partial charge >= 0.3 is 5.97 Å². The highest BCUT2D eigenvalue weighted by atomic mass is 16.5. The standard InChI is InChI=1S/C15H30N2O3/c1-6-12(7-2)9-17(10-14(18)20-5)15(19)13(8-16)11(3)4/h11-13H,6-10,16H2,1-5H3. The Morgan fingerprint density at radius 2 is 1.75 bits per heavy atom. The summed E-state index contributed by atoms with van der Waals surface area (Å²) in [4.78, 5) is 25.7. The van der Waals surface area contributed by atoms with Crippen LogP contribution in [0.4, 0.5) is 0 Å². The summed E-state index contributed by atoms with van der Waals surface area (Å²) < 4.78 is 4.69. The monoisotopic (exact) mass is 286 g/mol. The second-order valence-electron chi connectivity index (χ2n) is 5.56. The van der Waals surface area contributed by atoms with Crippen LogP contribution in [0.3, 0.4) is 0 Å². The lowest BCUT2D eigenvalue weighted by atomic mass is 9.93. The summed E-state index contributed by atoms with van der Waals surface area (Å²) >= 11 is 0. The van der Waals surface area contributed by atoms with Gasteiger partial charge in [0.1, 0.15) is 6.54 Å². The van der Waals surface area contributed by atoms with Gasteiger partial charge in [-0.3, -0.25) is 9.59 Å². The predicted octanol–water partition coefficient (Wildman–Crippen LogP) is 1.66. The Labute approximate surface area is 122 Å². The summed E-state index contributed by atoms with van der Waals surface area (Å²) in [6.07, 6.45) is 1.97. The Balaban J connectivity index is 4.98. The Hall–Kier alpha value is -1.10. The predicted molar refractivity (Wildman–Crippen MR) is 80.1 cm³/mol. The maximum absolute atomic E-state index is 12.6. The summed E-state index contributed by atoms with van der Waals surface area (Å²) in [7, 11) is 1.34. The molecule has 0 aromatic rings. The quantitative estimate of drug-likeness (QED) is 0.654. The van der Waals surface area contributed by atoms with Gasteiger partial charge in [-0.05, 0) is 11.8 Å². The van der Waals surface area contributed by atoms with Crippen molar-refractivity contribution in [2.75, 3.05) is 26.7 Å². The van der Waals surface area contributed by atoms with Crippen LogP contribution in [-0.2, 0) is 14.3 Å². The fourth-order valence-corrected chi connectivity index (χ4v) is 2.20. The summed E-state index contributed by atoms with van der Waals surface area (Å²) in [5.74, 6) is -0.110. The lowest BCUT2D eigenvalue weighted by Gasteiger charge is -2.30. The summed E-state index contributed by atoms with van der Waals surface area (Å²) in [5.41, 5.74) is 5.71. The molecule has 0 bridgehead atoms. The van der Waals surface area contributed by atoms with E-state index < -0.39 is 0 Å². The normalized spacial score (nSPS) is 12.6. The molecule has 0 radical (unpaired) electrons. The second-order valence-corrected chi connectivity index (χ2v) is 5.56. The first-order valence-corrected chi connectivity index (χ1v) is 7.46. The molecule has 5 heteroatoms. The summed E-state index contributed by atoms with van der Waals surface area (Å²) in [6.45, 7) is 9.04. The lowest BCUT2D eigenvalue weighted by molar-refractivity contribution is -0.149. The number of hydrogen-bond acceptors (Lipinski definition) is 4. The third kappa shape index (κ3) is 5.90. The van der Waals surface area contributed by atoms with Crippen molar-refractivity contribution < 1.29 is 14.3 Å². The number of rotatable bonds is 9. The van der Waals surface area contributed by atoms with Crippen LogP contribution in [0, 0.1) is 17.8 Å². The maximum Gasteiger partial charge on any atom is 0.325 e. The van der Waals surface area contributed by atoms with Crippen LogP contribution < -0.4 is 5.73 Å². The number of amides is 1. The van der Waals surface area contributed by atoms with Crippen LogP contribution in [0.5, 0.6) is 0 Å². The van der Waals surface area contributed by atoms with Gasteiger partial charge in [0, 0.05) is 13.1 Å². The van der Waals surface area contributed by atoms with E-state index in [2.05, 4.69) is 18.6 Å². The van der Waals surface area contributed by atoms with Crippen LogP contribution in [-0.4, -0.2) is 43.5 Å². The van der Waals surface area contributed by atoms with E-state index in [9.17, 15) is 9.59 Å². The Bertz CT molecular complexity index is 301. The third-order valence-electron chi connectivity index (χ3n) is 3.87. The average Bonchev–Trinajstić information content (AvgIpc) is 2.43. The molecule has 1 amide bonds. The summed E-state index contributed by atoms with van der Waals surface area (Å²) in [6, 6.07) is 0. The van der Waals surface area contributed by atoms with E-state index >= 15 is 0 Å². The van der Waals surface area contributed by atoms with Crippen LogP contribution in [0.1, 0.15) is 40.5 Å². The van der Waals surface area contributed by atoms with Gasteiger partial charge in [-0.1, -0.05) is 40.5 Å². The van der Waals surface area contributed by atoms with Gasteiger partial charge in [-0.25, -0.2) is 0 Å². The van der Waals surface area contributed by atoms with Gasteiger partial charge in [-0.2, -0.15) is 0 Å². The number of nitrogens with zero attached hydrogens (tertiary/aromatic N) is 1. The number of carbonyl (C=O) groups is 2. The molecule has 118 valence electrons. The first-order chi connectivity index (χ1) is 9.40. The molecule has 0 aromatic carbocycles. The Morgan fingerprint density at radius 3 is 2.10 bits per heavy atom. The highest BCUT2D eigenvalue weighted by Gasteiger charge is 2.28. The number of carbonyl (C=O) groups excluding carboxylic acids is 2. The van der Waals surface area contributed by atoms with Crippen molar-refractivity contribution in [1.29, 1.82) is 0 Å². The number of esters is 1. The largest absolute Gasteiger partial charge is 0.468 e. The van der Waals surface area contributed by atoms with Crippen molar-refractivity contribution in [3.63, 3.8) is 0 Å². The Morgan fingerprint density at radius 1 is 1.20 bits per heavy atom. The SMILES string of the molecule is CCC(CC)CN(CC(=O)OC)C(=O)C(CN)C(C)C. The van der Waals surface area contributed by atoms with Gasteiger partial charge in [0.05, 0.1) is 13.0 Å². The minimum Gasteiger partial charge on any atom is -0.468 e. The molecule has 0 heterocycles. The molecule has 0 fully saturated rings. The zero-order valence-electron chi connectivity index (χ0n) is 13.5. The number of ether oxygens (including phenoxy) is 1. The molecule has 5 nitrogen and oxygen atoms in total. The van der Waals surface area contributed by atoms with E-state index in [-0.39, 0.29) is 30.3 Å². The van der Waals surface area contributed by atoms with Crippen molar-refractivity contribution in [3.05, 3.63) is 0 Å². The molecule has 1 atom stereocenters. The van der Waals surface area contributed by atoms with E-state index in [1.807, 2.05) is 13.8 Å². The average molecular weight is 286 g/mol. The van der Waals surface area contributed by atoms with Crippen LogP contribution in [0.2, 0.25) is 0 Å². The highest BCUT2D eigenvalue weighted by Crippen LogP contribution is 2.17. The molecule has 0 aromatic heterocycles. The molecule has 20 heavy (non-hydrogen) atoms. The molecule has 0 aliphatic rings. The van der Waals surface area contributed by atoms with Crippen molar-refractivity contribution in [3.8, 4) is 0 Å². The van der Waals surface area contributed by atoms with Crippen molar-refractivity contribution in [1.82, 2.24) is 4.90 Å². The molecule has 0 spiro atoms. The van der Waals surface area contributed by atoms with E-state index in [1.165, 1.54) is 7.11 Å². The lowest BCUT2D eigenvalue weighted by Crippen LogP contribution is -2.45. The van der Waals surface area contributed by atoms with E-state index in [0.717, 1.165) is 12.8 Å². The zero-order valence-corrected chi connectivity index (χ0v) is 13.5.